The molecule has 6 rings (SSSR count). The molecule has 6 nitrogen and oxygen atoms in total. The van der Waals surface area contributed by atoms with Crippen molar-refractivity contribution in [2.45, 2.75) is 69.2 Å². The molecule has 0 amide bonds. The third-order valence-electron chi connectivity index (χ3n) is 8.58. The molecule has 0 bridgehead atoms. The van der Waals surface area contributed by atoms with Crippen LogP contribution in [0, 0.1) is 17.8 Å². The van der Waals surface area contributed by atoms with Crippen LogP contribution >= 0.6 is 11.6 Å². The number of anilines is 2. The van der Waals surface area contributed by atoms with E-state index < -0.39 is 11.7 Å². The second kappa shape index (κ2) is 9.80. The Kier molecular flexibility index (Phi) is 6.63. The van der Waals surface area contributed by atoms with Crippen LogP contribution in [0.15, 0.2) is 35.3 Å². The van der Waals surface area contributed by atoms with E-state index in [-0.39, 0.29) is 22.7 Å². The number of aromatic nitrogens is 2. The van der Waals surface area contributed by atoms with E-state index in [2.05, 4.69) is 15.3 Å². The molecular formula is C27H32ClF3N4O2. The van der Waals surface area contributed by atoms with Crippen LogP contribution in [0.25, 0.3) is 0 Å². The van der Waals surface area contributed by atoms with Crippen LogP contribution in [-0.2, 0) is 10.9 Å². The second-order valence-corrected chi connectivity index (χ2v) is 11.5. The standard InChI is InChI=1S/C27H32ClF3N4O2/c28-25-24(32-12-17-15-37-14-16-11-23(16)17)13-33-35(26(25)36)22-9-7-21(8-10-22)34(20-5-6-20)19-3-1-18(2-4-19)27(29,30)31/h1-4,13,16-17,20-23,32H,5-12,14-15H2/t16-,17-,21?,22?,23-/m0/s1. The van der Waals surface area contributed by atoms with Crippen molar-refractivity contribution in [3.8, 4) is 0 Å². The van der Waals surface area contributed by atoms with Gasteiger partial charge in [0.25, 0.3) is 5.56 Å². The minimum atomic E-state index is -4.34. The van der Waals surface area contributed by atoms with E-state index in [1.165, 1.54) is 23.2 Å². The van der Waals surface area contributed by atoms with Gasteiger partial charge in [-0.3, -0.25) is 4.79 Å². The van der Waals surface area contributed by atoms with Crippen LogP contribution in [0.1, 0.15) is 56.6 Å². The highest BCUT2D eigenvalue weighted by atomic mass is 35.5. The molecule has 3 aliphatic carbocycles. The van der Waals surface area contributed by atoms with Crippen molar-refractivity contribution < 1.29 is 17.9 Å². The lowest BCUT2D eigenvalue weighted by molar-refractivity contribution is -0.137. The van der Waals surface area contributed by atoms with Crippen LogP contribution in [0.3, 0.4) is 0 Å². The number of hydrogen-bond donors (Lipinski definition) is 1. The predicted molar refractivity (Wildman–Crippen MR) is 136 cm³/mol. The molecule has 0 spiro atoms. The summed E-state index contributed by atoms with van der Waals surface area (Å²) in [5, 5.41) is 7.96. The zero-order valence-electron chi connectivity index (χ0n) is 20.6. The fourth-order valence-electron chi connectivity index (χ4n) is 6.29. The number of alkyl halides is 3. The Morgan fingerprint density at radius 3 is 2.38 bits per heavy atom. The van der Waals surface area contributed by atoms with Gasteiger partial charge in [0.15, 0.2) is 0 Å². The van der Waals surface area contributed by atoms with Crippen LogP contribution in [0.4, 0.5) is 24.5 Å². The minimum Gasteiger partial charge on any atom is -0.382 e. The number of fused-ring (bicyclic) bond motifs is 1. The van der Waals surface area contributed by atoms with Gasteiger partial charge in [-0.2, -0.15) is 18.3 Å². The lowest BCUT2D eigenvalue weighted by Crippen LogP contribution is -2.41. The molecule has 200 valence electrons. The van der Waals surface area contributed by atoms with E-state index in [4.69, 9.17) is 16.3 Å². The summed E-state index contributed by atoms with van der Waals surface area (Å²) in [6.45, 7) is 2.33. The molecule has 3 saturated carbocycles. The van der Waals surface area contributed by atoms with Gasteiger partial charge in [-0.15, -0.1) is 0 Å². The van der Waals surface area contributed by atoms with E-state index in [0.717, 1.165) is 64.0 Å². The Morgan fingerprint density at radius 1 is 1.05 bits per heavy atom. The first kappa shape index (κ1) is 25.0. The van der Waals surface area contributed by atoms with Crippen LogP contribution < -0.4 is 15.8 Å². The van der Waals surface area contributed by atoms with E-state index in [1.54, 1.807) is 18.3 Å². The summed E-state index contributed by atoms with van der Waals surface area (Å²) in [6, 6.07) is 6.09. The van der Waals surface area contributed by atoms with Gasteiger partial charge in [0.2, 0.25) is 0 Å². The molecule has 10 heteroatoms. The molecule has 4 fully saturated rings. The molecule has 0 unspecified atom stereocenters. The largest absolute Gasteiger partial charge is 0.416 e. The van der Waals surface area contributed by atoms with E-state index in [1.807, 2.05) is 0 Å². The van der Waals surface area contributed by atoms with Crippen LogP contribution in [-0.4, -0.2) is 41.6 Å². The molecule has 3 atom stereocenters. The van der Waals surface area contributed by atoms with E-state index in [0.29, 0.717) is 29.5 Å². The fraction of sp³-hybridized carbons (Fsp3) is 0.630. The lowest BCUT2D eigenvalue weighted by Gasteiger charge is -2.39. The molecule has 1 aromatic carbocycles. The normalized spacial score (nSPS) is 29.5. The molecule has 37 heavy (non-hydrogen) atoms. The van der Waals surface area contributed by atoms with Crippen molar-refractivity contribution in [3.63, 3.8) is 0 Å². The molecule has 1 N–H and O–H groups in total. The number of nitrogens with zero attached hydrogens (tertiary/aromatic N) is 3. The molecule has 1 aliphatic heterocycles. The van der Waals surface area contributed by atoms with Gasteiger partial charge in [-0.05, 0) is 81.0 Å². The number of halogens is 4. The number of rotatable bonds is 7. The number of benzene rings is 1. The fourth-order valence-corrected chi connectivity index (χ4v) is 6.49. The van der Waals surface area contributed by atoms with Crippen molar-refractivity contribution in [1.82, 2.24) is 9.78 Å². The van der Waals surface area contributed by atoms with Gasteiger partial charge < -0.3 is 15.0 Å². The van der Waals surface area contributed by atoms with E-state index >= 15 is 0 Å². The summed E-state index contributed by atoms with van der Waals surface area (Å²) >= 11 is 6.48. The summed E-state index contributed by atoms with van der Waals surface area (Å²) in [5.41, 5.74) is 0.510. The molecule has 1 aromatic heterocycles. The Bertz CT molecular complexity index is 1180. The van der Waals surface area contributed by atoms with Crippen LogP contribution in [0.5, 0.6) is 0 Å². The Balaban J connectivity index is 1.09. The number of hydrogen-bond acceptors (Lipinski definition) is 5. The van der Waals surface area contributed by atoms with Gasteiger partial charge in [0, 0.05) is 36.8 Å². The summed E-state index contributed by atoms with van der Waals surface area (Å²) < 4.78 is 46.2. The lowest BCUT2D eigenvalue weighted by atomic mass is 9.89. The van der Waals surface area contributed by atoms with Crippen molar-refractivity contribution in [3.05, 3.63) is 51.4 Å². The maximum atomic E-state index is 13.1. The summed E-state index contributed by atoms with van der Waals surface area (Å²) in [6.07, 6.45) is 3.89. The summed E-state index contributed by atoms with van der Waals surface area (Å²) in [7, 11) is 0. The maximum Gasteiger partial charge on any atom is 0.416 e. The zero-order chi connectivity index (χ0) is 25.7. The molecule has 4 aliphatic rings. The monoisotopic (exact) mass is 536 g/mol. The highest BCUT2D eigenvalue weighted by molar-refractivity contribution is 6.32. The number of nitrogens with one attached hydrogen (secondary N) is 1. The average Bonchev–Trinajstić information content (AvgIpc) is 3.81. The highest BCUT2D eigenvalue weighted by Crippen LogP contribution is 2.47. The van der Waals surface area contributed by atoms with Crippen LogP contribution in [0.2, 0.25) is 5.02 Å². The molecule has 0 radical (unpaired) electrons. The minimum absolute atomic E-state index is 0.0390. The summed E-state index contributed by atoms with van der Waals surface area (Å²) in [4.78, 5) is 15.4. The van der Waals surface area contributed by atoms with Gasteiger partial charge in [-0.1, -0.05) is 11.6 Å². The predicted octanol–water partition coefficient (Wildman–Crippen LogP) is 5.76. The summed E-state index contributed by atoms with van der Waals surface area (Å²) in [5.74, 6) is 1.83. The van der Waals surface area contributed by atoms with Crippen molar-refractivity contribution >= 4 is 23.0 Å². The zero-order valence-corrected chi connectivity index (χ0v) is 21.3. The van der Waals surface area contributed by atoms with Gasteiger partial charge in [-0.25, -0.2) is 4.68 Å². The molecule has 1 saturated heterocycles. The third-order valence-corrected chi connectivity index (χ3v) is 8.95. The Morgan fingerprint density at radius 2 is 1.73 bits per heavy atom. The Labute approximate surface area is 219 Å². The smallest absolute Gasteiger partial charge is 0.382 e. The first-order valence-corrected chi connectivity index (χ1v) is 13.7. The molecule has 2 aromatic rings. The highest BCUT2D eigenvalue weighted by Gasteiger charge is 2.46. The van der Waals surface area contributed by atoms with Crippen molar-refractivity contribution in [2.75, 3.05) is 30.0 Å². The van der Waals surface area contributed by atoms with E-state index in [9.17, 15) is 18.0 Å². The first-order valence-electron chi connectivity index (χ1n) is 13.3. The van der Waals surface area contributed by atoms with Crippen molar-refractivity contribution in [2.24, 2.45) is 17.8 Å². The molecular weight excluding hydrogens is 505 g/mol. The molecule has 2 heterocycles. The van der Waals surface area contributed by atoms with Crippen molar-refractivity contribution in [1.29, 1.82) is 0 Å². The number of ether oxygens (including phenoxy) is 1. The SMILES string of the molecule is O=c1c(Cl)c(NC[C@H]2COC[C@@H]3C[C@@H]32)cnn1C1CCC(N(c2ccc(C(F)(F)F)cc2)C2CC2)CC1. The second-order valence-electron chi connectivity index (χ2n) is 11.1. The maximum absolute atomic E-state index is 13.1. The quantitative estimate of drug-likeness (QED) is 0.487. The van der Waals surface area contributed by atoms with Gasteiger partial charge in [0.1, 0.15) is 5.02 Å². The van der Waals surface area contributed by atoms with Gasteiger partial charge in [0.05, 0.1) is 30.1 Å². The van der Waals surface area contributed by atoms with Gasteiger partial charge >= 0.3 is 6.18 Å². The Hall–Kier alpha value is -2.26. The average molecular weight is 537 g/mol. The topological polar surface area (TPSA) is 59.4 Å². The first-order chi connectivity index (χ1) is 17.8. The third kappa shape index (κ3) is 5.21.